The monoisotopic (exact) mass is 617 g/mol. The van der Waals surface area contributed by atoms with Gasteiger partial charge in [-0.15, -0.1) is 0 Å². The SMILES string of the molecule is C[C@@H]1CN(c2cccc(-c3ccc4cnc(CNC(=O)c5cc(Cl)cc(S(=O)(=O)C(F)F)c5)cc4c3F)n2)C[C@H](C)N1. The molecule has 1 fully saturated rings. The van der Waals surface area contributed by atoms with Crippen molar-refractivity contribution in [3.63, 3.8) is 0 Å². The second kappa shape index (κ2) is 11.9. The number of aromatic nitrogens is 2. The lowest BCUT2D eigenvalue weighted by molar-refractivity contribution is 0.0950. The van der Waals surface area contributed by atoms with Crippen LogP contribution in [0.2, 0.25) is 5.02 Å². The Labute approximate surface area is 245 Å². The van der Waals surface area contributed by atoms with Gasteiger partial charge in [0.05, 0.1) is 22.8 Å². The van der Waals surface area contributed by atoms with Gasteiger partial charge in [0.25, 0.3) is 5.91 Å². The number of alkyl halides is 2. The van der Waals surface area contributed by atoms with Crippen LogP contribution in [0, 0.1) is 5.82 Å². The van der Waals surface area contributed by atoms with E-state index in [1.54, 1.807) is 18.2 Å². The van der Waals surface area contributed by atoms with Gasteiger partial charge >= 0.3 is 5.76 Å². The highest BCUT2D eigenvalue weighted by atomic mass is 35.5. The first-order chi connectivity index (χ1) is 19.9. The van der Waals surface area contributed by atoms with E-state index in [4.69, 9.17) is 16.6 Å². The number of halogens is 4. The molecule has 2 aromatic heterocycles. The fraction of sp³-hybridized carbons (Fsp3) is 0.276. The van der Waals surface area contributed by atoms with Gasteiger partial charge in [0.1, 0.15) is 11.6 Å². The Hall–Kier alpha value is -3.74. The summed E-state index contributed by atoms with van der Waals surface area (Å²) in [6, 6.07) is 13.8. The van der Waals surface area contributed by atoms with Crippen LogP contribution in [-0.2, 0) is 16.4 Å². The molecule has 2 aromatic carbocycles. The topological polar surface area (TPSA) is 104 Å². The zero-order chi connectivity index (χ0) is 30.2. The summed E-state index contributed by atoms with van der Waals surface area (Å²) >= 11 is 5.88. The lowest BCUT2D eigenvalue weighted by Crippen LogP contribution is -2.54. The van der Waals surface area contributed by atoms with E-state index in [-0.39, 0.29) is 34.6 Å². The fourth-order valence-electron chi connectivity index (χ4n) is 5.02. The molecule has 8 nitrogen and oxygen atoms in total. The summed E-state index contributed by atoms with van der Waals surface area (Å²) in [6.07, 6.45) is 1.48. The Morgan fingerprint density at radius 3 is 2.57 bits per heavy atom. The normalized spacial score (nSPS) is 17.5. The molecule has 0 radical (unpaired) electrons. The molecule has 1 aliphatic rings. The summed E-state index contributed by atoms with van der Waals surface area (Å²) in [4.78, 5) is 23.1. The molecule has 0 bridgehead atoms. The highest BCUT2D eigenvalue weighted by Crippen LogP contribution is 2.30. The Morgan fingerprint density at radius 1 is 1.12 bits per heavy atom. The predicted molar refractivity (Wildman–Crippen MR) is 155 cm³/mol. The van der Waals surface area contributed by atoms with Crippen molar-refractivity contribution in [3.8, 4) is 11.3 Å². The van der Waals surface area contributed by atoms with E-state index >= 15 is 4.39 Å². The molecule has 1 aliphatic heterocycles. The van der Waals surface area contributed by atoms with Crippen molar-refractivity contribution < 1.29 is 26.4 Å². The molecule has 1 amide bonds. The molecule has 0 spiro atoms. The highest BCUT2D eigenvalue weighted by Gasteiger charge is 2.28. The molecule has 2 atom stereocenters. The van der Waals surface area contributed by atoms with E-state index in [0.29, 0.717) is 22.3 Å². The fourth-order valence-corrected chi connectivity index (χ4v) is 6.10. The van der Waals surface area contributed by atoms with Gasteiger partial charge in [-0.05, 0) is 56.3 Å². The van der Waals surface area contributed by atoms with Crippen LogP contribution >= 0.6 is 11.6 Å². The number of hydrogen-bond acceptors (Lipinski definition) is 7. The number of carbonyl (C=O) groups excluding carboxylic acids is 1. The number of nitrogens with one attached hydrogen (secondary N) is 2. The van der Waals surface area contributed by atoms with Crippen molar-refractivity contribution in [2.24, 2.45) is 0 Å². The van der Waals surface area contributed by atoms with E-state index < -0.39 is 32.2 Å². The van der Waals surface area contributed by atoms with Crippen molar-refractivity contribution >= 4 is 43.9 Å². The quantitative estimate of drug-likeness (QED) is 0.294. The first-order valence-corrected chi connectivity index (χ1v) is 15.0. The number of piperazine rings is 1. The predicted octanol–water partition coefficient (Wildman–Crippen LogP) is 5.20. The Morgan fingerprint density at radius 2 is 1.86 bits per heavy atom. The summed E-state index contributed by atoms with van der Waals surface area (Å²) in [6.45, 7) is 5.62. The summed E-state index contributed by atoms with van der Waals surface area (Å²) in [7, 11) is -4.96. The molecule has 3 heterocycles. The largest absolute Gasteiger partial charge is 0.353 e. The van der Waals surface area contributed by atoms with Crippen LogP contribution < -0.4 is 15.5 Å². The van der Waals surface area contributed by atoms with Crippen molar-refractivity contribution in [1.82, 2.24) is 20.6 Å². The van der Waals surface area contributed by atoms with Gasteiger partial charge in [-0.2, -0.15) is 8.78 Å². The molecule has 5 rings (SSSR count). The standard InChI is InChI=1S/C29H27ClF3N5O3S/c1-16-14-38(15-17(2)36-16)26-5-3-4-25(37-26)23-7-6-18-12-34-21(11-24(18)27(23)31)13-35-28(39)19-8-20(30)10-22(9-19)42(40,41)29(32)33/h3-12,16-17,29,36H,13-15H2,1-2H3,(H,35,39)/t16-,17+. The zero-order valence-corrected chi connectivity index (χ0v) is 24.2. The number of amides is 1. The van der Waals surface area contributed by atoms with Gasteiger partial charge in [0, 0.05) is 58.3 Å². The summed E-state index contributed by atoms with van der Waals surface area (Å²) in [5, 5.41) is 6.65. The smallest absolute Gasteiger partial charge is 0.341 e. The first kappa shape index (κ1) is 29.7. The number of anilines is 1. The molecule has 1 saturated heterocycles. The van der Waals surface area contributed by atoms with E-state index in [2.05, 4.69) is 34.4 Å². The number of fused-ring (bicyclic) bond motifs is 1. The number of pyridine rings is 2. The van der Waals surface area contributed by atoms with Crippen LogP contribution in [0.1, 0.15) is 29.9 Å². The molecule has 4 aromatic rings. The minimum Gasteiger partial charge on any atom is -0.353 e. The van der Waals surface area contributed by atoms with Gasteiger partial charge in [-0.1, -0.05) is 23.7 Å². The molecule has 0 unspecified atom stereocenters. The van der Waals surface area contributed by atoms with Crippen LogP contribution in [0.3, 0.4) is 0 Å². The third kappa shape index (κ3) is 6.20. The number of sulfone groups is 1. The van der Waals surface area contributed by atoms with Crippen LogP contribution in [-0.4, -0.2) is 55.2 Å². The van der Waals surface area contributed by atoms with Crippen molar-refractivity contribution in [1.29, 1.82) is 0 Å². The first-order valence-electron chi connectivity index (χ1n) is 13.1. The molecule has 220 valence electrons. The number of nitrogens with zero attached hydrogens (tertiary/aromatic N) is 3. The van der Waals surface area contributed by atoms with Crippen LogP contribution in [0.15, 0.2) is 65.7 Å². The highest BCUT2D eigenvalue weighted by molar-refractivity contribution is 7.91. The Kier molecular flexibility index (Phi) is 8.40. The third-order valence-electron chi connectivity index (χ3n) is 6.91. The lowest BCUT2D eigenvalue weighted by Gasteiger charge is -2.37. The van der Waals surface area contributed by atoms with Crippen molar-refractivity contribution in [2.75, 3.05) is 18.0 Å². The minimum atomic E-state index is -4.96. The third-order valence-corrected chi connectivity index (χ3v) is 8.49. The molecular weight excluding hydrogens is 591 g/mol. The second-order valence-electron chi connectivity index (χ2n) is 10.2. The number of hydrogen-bond donors (Lipinski definition) is 2. The Bertz CT molecular complexity index is 1760. The average Bonchev–Trinajstić information content (AvgIpc) is 2.95. The lowest BCUT2D eigenvalue weighted by atomic mass is 10.0. The average molecular weight is 618 g/mol. The van der Waals surface area contributed by atoms with Crippen LogP contribution in [0.4, 0.5) is 19.0 Å². The van der Waals surface area contributed by atoms with Gasteiger partial charge in [0.15, 0.2) is 0 Å². The second-order valence-corrected chi connectivity index (χ2v) is 12.6. The molecule has 0 aliphatic carbocycles. The molecule has 2 N–H and O–H groups in total. The maximum absolute atomic E-state index is 15.9. The summed E-state index contributed by atoms with van der Waals surface area (Å²) < 4.78 is 65.5. The van der Waals surface area contributed by atoms with Gasteiger partial charge < -0.3 is 15.5 Å². The molecule has 0 saturated carbocycles. The van der Waals surface area contributed by atoms with Gasteiger partial charge in [0.2, 0.25) is 9.84 Å². The number of carbonyl (C=O) groups is 1. The number of rotatable bonds is 7. The summed E-state index contributed by atoms with van der Waals surface area (Å²) in [5.74, 6) is -4.17. The van der Waals surface area contributed by atoms with Crippen LogP contribution in [0.25, 0.3) is 22.0 Å². The van der Waals surface area contributed by atoms with E-state index in [0.717, 1.165) is 37.1 Å². The minimum absolute atomic E-state index is 0.144. The summed E-state index contributed by atoms with van der Waals surface area (Å²) in [5.41, 5.74) is 0.886. The van der Waals surface area contributed by atoms with E-state index in [9.17, 15) is 22.0 Å². The maximum atomic E-state index is 15.9. The maximum Gasteiger partial charge on any atom is 0.341 e. The zero-order valence-electron chi connectivity index (χ0n) is 22.6. The Balaban J connectivity index is 1.38. The van der Waals surface area contributed by atoms with E-state index in [1.807, 2.05) is 12.1 Å². The molecular formula is C29H27ClF3N5O3S. The molecule has 42 heavy (non-hydrogen) atoms. The van der Waals surface area contributed by atoms with E-state index in [1.165, 1.54) is 12.3 Å². The van der Waals surface area contributed by atoms with Gasteiger partial charge in [-0.25, -0.2) is 17.8 Å². The van der Waals surface area contributed by atoms with Crippen LogP contribution in [0.5, 0.6) is 0 Å². The van der Waals surface area contributed by atoms with Gasteiger partial charge in [-0.3, -0.25) is 9.78 Å². The number of benzene rings is 2. The van der Waals surface area contributed by atoms with Crippen molar-refractivity contribution in [2.45, 2.75) is 43.1 Å². The molecule has 13 heteroatoms. The van der Waals surface area contributed by atoms with Crippen molar-refractivity contribution in [3.05, 3.63) is 82.9 Å².